The summed E-state index contributed by atoms with van der Waals surface area (Å²) in [5.41, 5.74) is 2.70. The molecule has 1 saturated heterocycles. The molecule has 1 N–H and O–H groups in total. The number of para-hydroxylation sites is 1. The molecule has 3 rings (SSSR count). The molecule has 0 spiro atoms. The van der Waals surface area contributed by atoms with Gasteiger partial charge in [0.25, 0.3) is 5.91 Å². The Labute approximate surface area is 210 Å². The average Bonchev–Trinajstić information content (AvgIpc) is 2.83. The molecule has 188 valence electrons. The highest BCUT2D eigenvalue weighted by atomic mass is 28.4. The van der Waals surface area contributed by atoms with Gasteiger partial charge in [-0.1, -0.05) is 57.2 Å². The third-order valence-electron chi connectivity index (χ3n) is 7.09. The molecule has 1 aliphatic rings. The lowest BCUT2D eigenvalue weighted by Crippen LogP contribution is -2.66. The number of nitrogens with one attached hydrogen (secondary N) is 1. The quantitative estimate of drug-likeness (QED) is 0.259. The molecule has 35 heavy (non-hydrogen) atoms. The summed E-state index contributed by atoms with van der Waals surface area (Å²) in [5.74, 6) is 0.453. The van der Waals surface area contributed by atoms with Crippen molar-refractivity contribution in [3.05, 3.63) is 72.3 Å². The van der Waals surface area contributed by atoms with E-state index >= 15 is 0 Å². The minimum absolute atomic E-state index is 0.0843. The molecule has 1 aliphatic heterocycles. The van der Waals surface area contributed by atoms with Crippen LogP contribution in [0.3, 0.4) is 0 Å². The molecule has 0 saturated carbocycles. The van der Waals surface area contributed by atoms with Gasteiger partial charge in [-0.05, 0) is 48.3 Å². The fourth-order valence-corrected chi connectivity index (χ4v) is 4.81. The van der Waals surface area contributed by atoms with Crippen LogP contribution in [0.25, 0.3) is 0 Å². The number of β-lactam (4-membered cyclic amide) rings is 1. The number of carbonyl (C=O) groups is 2. The fraction of sp³-hybridized carbons (Fsp3) is 0.429. The Bertz CT molecular complexity index is 1060. The van der Waals surface area contributed by atoms with Gasteiger partial charge in [0.2, 0.25) is 5.91 Å². The van der Waals surface area contributed by atoms with E-state index in [2.05, 4.69) is 45.8 Å². The van der Waals surface area contributed by atoms with Crippen LogP contribution in [0.4, 0.5) is 5.69 Å². The first kappa shape index (κ1) is 26.7. The summed E-state index contributed by atoms with van der Waals surface area (Å²) in [6.45, 7) is 15.2. The maximum atomic E-state index is 13.4. The summed E-state index contributed by atoms with van der Waals surface area (Å²) in [4.78, 5) is 27.7. The Balaban J connectivity index is 1.92. The first-order valence-corrected chi connectivity index (χ1v) is 15.0. The number of rotatable bonds is 10. The summed E-state index contributed by atoms with van der Waals surface area (Å²) in [5, 5.41) is 3.02. The van der Waals surface area contributed by atoms with Crippen molar-refractivity contribution >= 4 is 25.8 Å². The Hall–Kier alpha value is -2.90. The number of ether oxygens (including phenoxy) is 1. The zero-order valence-electron chi connectivity index (χ0n) is 21.8. The molecule has 0 radical (unpaired) electrons. The third kappa shape index (κ3) is 5.85. The molecule has 2 atom stereocenters. The summed E-state index contributed by atoms with van der Waals surface area (Å²) in [6.07, 6.45) is 2.57. The van der Waals surface area contributed by atoms with E-state index in [4.69, 9.17) is 9.16 Å². The molecule has 0 aromatic heterocycles. The van der Waals surface area contributed by atoms with Crippen molar-refractivity contribution in [1.29, 1.82) is 0 Å². The molecule has 1 heterocycles. The lowest BCUT2D eigenvalue weighted by Gasteiger charge is -2.48. The van der Waals surface area contributed by atoms with E-state index in [-0.39, 0.29) is 22.9 Å². The van der Waals surface area contributed by atoms with Gasteiger partial charge in [-0.25, -0.2) is 0 Å². The van der Waals surface area contributed by atoms with Gasteiger partial charge < -0.3 is 19.4 Å². The molecular formula is C28H38N2O4Si. The normalized spacial score (nSPS) is 18.1. The second kappa shape index (κ2) is 10.8. The van der Waals surface area contributed by atoms with Gasteiger partial charge in [0.1, 0.15) is 11.8 Å². The van der Waals surface area contributed by atoms with Gasteiger partial charge in [0, 0.05) is 17.7 Å². The SMILES string of the molecule is C=CCCC(=O)N[C@@H]1C(=O)N(c2ccccc2CO[Si](C)(C)C(C)(C)C)[C@H]1c1ccc(OC)cc1. The lowest BCUT2D eigenvalue weighted by molar-refractivity contribution is -0.133. The van der Waals surface area contributed by atoms with Crippen molar-refractivity contribution in [1.82, 2.24) is 5.32 Å². The number of amides is 2. The monoisotopic (exact) mass is 494 g/mol. The van der Waals surface area contributed by atoms with Gasteiger partial charge in [0.05, 0.1) is 19.8 Å². The van der Waals surface area contributed by atoms with Crippen LogP contribution in [0, 0.1) is 0 Å². The second-order valence-corrected chi connectivity index (χ2v) is 15.3. The fourth-order valence-electron chi connectivity index (χ4n) is 3.86. The van der Waals surface area contributed by atoms with Crippen LogP contribution in [0.2, 0.25) is 18.1 Å². The topological polar surface area (TPSA) is 67.9 Å². The van der Waals surface area contributed by atoms with E-state index in [0.29, 0.717) is 19.4 Å². The van der Waals surface area contributed by atoms with Gasteiger partial charge in [0.15, 0.2) is 8.32 Å². The first-order valence-electron chi connectivity index (χ1n) is 12.1. The zero-order valence-corrected chi connectivity index (χ0v) is 22.8. The number of carbonyl (C=O) groups excluding carboxylic acids is 2. The molecule has 0 aliphatic carbocycles. The molecule has 2 aromatic carbocycles. The van der Waals surface area contributed by atoms with Crippen LogP contribution >= 0.6 is 0 Å². The van der Waals surface area contributed by atoms with E-state index in [1.54, 1.807) is 18.1 Å². The predicted molar refractivity (Wildman–Crippen MR) is 143 cm³/mol. The van der Waals surface area contributed by atoms with Crippen LogP contribution in [-0.2, 0) is 20.6 Å². The largest absolute Gasteiger partial charge is 0.497 e. The molecule has 6 nitrogen and oxygen atoms in total. The van der Waals surface area contributed by atoms with Crippen LogP contribution < -0.4 is 15.0 Å². The Morgan fingerprint density at radius 3 is 2.40 bits per heavy atom. The van der Waals surface area contributed by atoms with Crippen LogP contribution in [-0.4, -0.2) is 33.3 Å². The van der Waals surface area contributed by atoms with Crippen molar-refractivity contribution in [2.24, 2.45) is 0 Å². The van der Waals surface area contributed by atoms with E-state index in [0.717, 1.165) is 22.6 Å². The Morgan fingerprint density at radius 2 is 1.80 bits per heavy atom. The van der Waals surface area contributed by atoms with Crippen molar-refractivity contribution in [3.63, 3.8) is 0 Å². The minimum Gasteiger partial charge on any atom is -0.497 e. The standard InChI is InChI=1S/C28H38N2O4Si/c1-8-9-14-24(31)29-25-26(20-15-17-22(33-5)18-16-20)30(27(25)32)23-13-11-10-12-21(23)19-34-35(6,7)28(2,3)4/h8,10-13,15-18,25-26H,1,9,14,19H2,2-7H3,(H,29,31)/t25-,26-/m0/s1. The second-order valence-electron chi connectivity index (χ2n) is 10.5. The summed E-state index contributed by atoms with van der Waals surface area (Å²) in [6, 6.07) is 14.5. The predicted octanol–water partition coefficient (Wildman–Crippen LogP) is 5.76. The maximum Gasteiger partial charge on any atom is 0.252 e. The number of allylic oxidation sites excluding steroid dienone is 1. The number of benzene rings is 2. The molecule has 0 bridgehead atoms. The lowest BCUT2D eigenvalue weighted by atomic mass is 9.86. The van der Waals surface area contributed by atoms with Crippen molar-refractivity contribution in [2.45, 2.75) is 70.4 Å². The van der Waals surface area contributed by atoms with E-state index in [1.807, 2.05) is 48.5 Å². The number of methoxy groups -OCH3 is 1. The third-order valence-corrected chi connectivity index (χ3v) is 11.6. The van der Waals surface area contributed by atoms with Crippen molar-refractivity contribution < 1.29 is 18.8 Å². The van der Waals surface area contributed by atoms with Crippen molar-refractivity contribution in [3.8, 4) is 5.75 Å². The number of hydrogen-bond donors (Lipinski definition) is 1. The molecule has 7 heteroatoms. The summed E-state index contributed by atoms with van der Waals surface area (Å²) < 4.78 is 11.8. The van der Waals surface area contributed by atoms with Crippen LogP contribution in [0.1, 0.15) is 50.8 Å². The highest BCUT2D eigenvalue weighted by Gasteiger charge is 2.50. The van der Waals surface area contributed by atoms with Crippen molar-refractivity contribution in [2.75, 3.05) is 12.0 Å². The molecule has 2 aromatic rings. The van der Waals surface area contributed by atoms with E-state index in [1.165, 1.54) is 0 Å². The molecule has 0 unspecified atom stereocenters. The van der Waals surface area contributed by atoms with Gasteiger partial charge >= 0.3 is 0 Å². The molecular weight excluding hydrogens is 456 g/mol. The smallest absolute Gasteiger partial charge is 0.252 e. The highest BCUT2D eigenvalue weighted by Crippen LogP contribution is 2.42. The van der Waals surface area contributed by atoms with Gasteiger partial charge in [-0.15, -0.1) is 6.58 Å². The first-order chi connectivity index (χ1) is 16.5. The Kier molecular flexibility index (Phi) is 8.23. The summed E-state index contributed by atoms with van der Waals surface area (Å²) in [7, 11) is -0.356. The average molecular weight is 495 g/mol. The van der Waals surface area contributed by atoms with Gasteiger partial charge in [-0.2, -0.15) is 0 Å². The van der Waals surface area contributed by atoms with Crippen LogP contribution in [0.15, 0.2) is 61.2 Å². The number of nitrogens with zero attached hydrogens (tertiary/aromatic N) is 1. The molecule has 1 fully saturated rings. The van der Waals surface area contributed by atoms with E-state index in [9.17, 15) is 9.59 Å². The number of hydrogen-bond acceptors (Lipinski definition) is 4. The highest BCUT2D eigenvalue weighted by molar-refractivity contribution is 6.74. The zero-order chi connectivity index (χ0) is 25.8. The minimum atomic E-state index is -1.98. The van der Waals surface area contributed by atoms with E-state index < -0.39 is 14.4 Å². The maximum absolute atomic E-state index is 13.4. The van der Waals surface area contributed by atoms with Gasteiger partial charge in [-0.3, -0.25) is 9.59 Å². The van der Waals surface area contributed by atoms with Crippen LogP contribution in [0.5, 0.6) is 5.75 Å². The number of anilines is 1. The molecule has 2 amide bonds. The summed E-state index contributed by atoms with van der Waals surface area (Å²) >= 11 is 0. The Morgan fingerprint density at radius 1 is 1.14 bits per heavy atom.